The summed E-state index contributed by atoms with van der Waals surface area (Å²) in [5.74, 6) is 1.46. The number of piperazine rings is 2. The summed E-state index contributed by atoms with van der Waals surface area (Å²) in [5.41, 5.74) is 3.75. The van der Waals surface area contributed by atoms with E-state index in [0.717, 1.165) is 110 Å². The van der Waals surface area contributed by atoms with Crippen LogP contribution in [0.4, 0.5) is 66.0 Å². The standard InChI is InChI=1S/C39H52N8O8.C31H38N6O4/c1-12-34(48)42-30-22-26(45-18-16-44(13-2)17-19-45)14-15-31(30)47(37(51)55-39(6,7)8)33-24-32(40-25-41-33)43(9)35(49)46(36(50)54-38(3,4)5)27-20-28(52-10)23-29(21-27)53-11;1-6-30(38)34-28-19-25(37-12-10-36(7-2)11-13-37)9-8-23(28)17-24-18-29(33-21-32-24)35(3)31(39)16-22-14-26(40-4)20-27(15-22)41-5/h12,14-15,20-25H,1,13,16-19H2,2-11H3,(H,42,48);6,8-9,14-15,18-21H,1,7,10-13,16-17H2,2-5H3,(H,34,38). The summed E-state index contributed by atoms with van der Waals surface area (Å²) in [5, 5.41) is 5.79. The number of urea groups is 1. The highest BCUT2D eigenvalue weighted by atomic mass is 16.6. The lowest BCUT2D eigenvalue weighted by Gasteiger charge is -2.36. The van der Waals surface area contributed by atoms with Gasteiger partial charge in [0.05, 0.1) is 57.6 Å². The van der Waals surface area contributed by atoms with Crippen molar-refractivity contribution in [2.24, 2.45) is 0 Å². The highest BCUT2D eigenvalue weighted by Gasteiger charge is 2.35. The van der Waals surface area contributed by atoms with E-state index in [9.17, 15) is 28.8 Å². The van der Waals surface area contributed by atoms with Gasteiger partial charge in [-0.3, -0.25) is 24.2 Å². The molecule has 512 valence electrons. The molecule has 4 heterocycles. The average molecular weight is 1320 g/mol. The van der Waals surface area contributed by atoms with Crippen LogP contribution in [0.2, 0.25) is 0 Å². The van der Waals surface area contributed by atoms with Gasteiger partial charge in [-0.05, 0) is 120 Å². The van der Waals surface area contributed by atoms with Crippen LogP contribution in [0.25, 0.3) is 0 Å². The highest BCUT2D eigenvalue weighted by molar-refractivity contribution is 6.17. The van der Waals surface area contributed by atoms with Crippen LogP contribution in [0.3, 0.4) is 0 Å². The smallest absolute Gasteiger partial charge is 0.423 e. The van der Waals surface area contributed by atoms with Gasteiger partial charge in [0.15, 0.2) is 0 Å². The van der Waals surface area contributed by atoms with Gasteiger partial charge in [-0.1, -0.05) is 33.1 Å². The Hall–Kier alpha value is -10.3. The topological polar surface area (TPSA) is 259 Å². The lowest BCUT2D eigenvalue weighted by atomic mass is 10.0. The molecular weight excluding hydrogens is 1230 g/mol. The van der Waals surface area contributed by atoms with E-state index in [2.05, 4.69) is 83.2 Å². The number of hydrogen-bond acceptors (Lipinski definition) is 20. The highest BCUT2D eigenvalue weighted by Crippen LogP contribution is 2.38. The van der Waals surface area contributed by atoms with Gasteiger partial charge in [-0.2, -0.15) is 4.90 Å². The van der Waals surface area contributed by atoms with E-state index in [0.29, 0.717) is 46.6 Å². The van der Waals surface area contributed by atoms with Crippen molar-refractivity contribution >= 4 is 87.5 Å². The zero-order valence-electron chi connectivity index (χ0n) is 57.6. The molecule has 2 aromatic heterocycles. The van der Waals surface area contributed by atoms with Crippen molar-refractivity contribution in [1.82, 2.24) is 29.7 Å². The zero-order chi connectivity index (χ0) is 70.0. The third kappa shape index (κ3) is 19.9. The summed E-state index contributed by atoms with van der Waals surface area (Å²) in [6.07, 6.45) is 3.82. The Morgan fingerprint density at radius 1 is 0.542 bits per heavy atom. The van der Waals surface area contributed by atoms with Gasteiger partial charge in [-0.25, -0.2) is 39.2 Å². The Balaban J connectivity index is 0.000000282. The Bertz CT molecular complexity index is 3700. The van der Waals surface area contributed by atoms with Gasteiger partial charge in [-0.15, -0.1) is 0 Å². The van der Waals surface area contributed by atoms with Gasteiger partial charge >= 0.3 is 18.2 Å². The summed E-state index contributed by atoms with van der Waals surface area (Å²) in [7, 11) is 9.13. The van der Waals surface area contributed by atoms with Crippen molar-refractivity contribution in [3.8, 4) is 23.0 Å². The van der Waals surface area contributed by atoms with E-state index in [1.54, 1.807) is 93.1 Å². The minimum atomic E-state index is -0.969. The zero-order valence-corrected chi connectivity index (χ0v) is 57.6. The predicted octanol–water partition coefficient (Wildman–Crippen LogP) is 10.4. The molecule has 0 spiro atoms. The fourth-order valence-electron chi connectivity index (χ4n) is 10.3. The molecule has 26 heteroatoms. The molecule has 8 rings (SSSR count). The third-order valence-electron chi connectivity index (χ3n) is 15.6. The van der Waals surface area contributed by atoms with Crippen molar-refractivity contribution in [1.29, 1.82) is 0 Å². The number of rotatable bonds is 21. The summed E-state index contributed by atoms with van der Waals surface area (Å²) in [6, 6.07) is 23.7. The van der Waals surface area contributed by atoms with E-state index >= 15 is 0 Å². The number of aromatic nitrogens is 4. The maximum atomic E-state index is 14.3. The summed E-state index contributed by atoms with van der Waals surface area (Å²) >= 11 is 0. The van der Waals surface area contributed by atoms with E-state index in [1.807, 2.05) is 30.3 Å². The normalized spacial score (nSPS) is 13.4. The summed E-state index contributed by atoms with van der Waals surface area (Å²) < 4.78 is 32.9. The molecule has 2 N–H and O–H groups in total. The van der Waals surface area contributed by atoms with Gasteiger partial charge in [0, 0.05) is 126 Å². The van der Waals surface area contributed by atoms with Crippen LogP contribution in [-0.2, 0) is 36.7 Å². The molecule has 2 saturated heterocycles. The predicted molar refractivity (Wildman–Crippen MR) is 373 cm³/mol. The van der Waals surface area contributed by atoms with Crippen molar-refractivity contribution in [3.63, 3.8) is 0 Å². The molecule has 4 aromatic carbocycles. The Labute approximate surface area is 562 Å². The molecule has 0 saturated carbocycles. The number of methoxy groups -OCH3 is 4. The molecule has 0 aliphatic carbocycles. The average Bonchev–Trinajstić information content (AvgIpc) is 0.791. The van der Waals surface area contributed by atoms with Crippen LogP contribution in [0.5, 0.6) is 23.0 Å². The van der Waals surface area contributed by atoms with Gasteiger partial charge < -0.3 is 58.7 Å². The fourth-order valence-corrected chi connectivity index (χ4v) is 10.3. The van der Waals surface area contributed by atoms with E-state index in [4.69, 9.17) is 28.4 Å². The third-order valence-corrected chi connectivity index (χ3v) is 15.6. The molecule has 0 radical (unpaired) electrons. The van der Waals surface area contributed by atoms with Crippen molar-refractivity contribution < 1.29 is 57.2 Å². The lowest BCUT2D eigenvalue weighted by Crippen LogP contribution is -2.47. The number of carbonyl (C=O) groups excluding carboxylic acids is 6. The minimum absolute atomic E-state index is 0.00387. The number of hydrogen-bond donors (Lipinski definition) is 2. The Morgan fingerprint density at radius 2 is 1.00 bits per heavy atom. The first kappa shape index (κ1) is 73.1. The number of anilines is 9. The monoisotopic (exact) mass is 1320 g/mol. The van der Waals surface area contributed by atoms with Gasteiger partial charge in [0.2, 0.25) is 17.7 Å². The van der Waals surface area contributed by atoms with Crippen molar-refractivity contribution in [2.45, 2.75) is 79.4 Å². The van der Waals surface area contributed by atoms with Crippen LogP contribution in [-0.4, -0.2) is 185 Å². The molecule has 6 aromatic rings. The van der Waals surface area contributed by atoms with Crippen LogP contribution < -0.4 is 59.0 Å². The van der Waals surface area contributed by atoms with Crippen LogP contribution >= 0.6 is 0 Å². The number of nitrogens with one attached hydrogen (secondary N) is 2. The Morgan fingerprint density at radius 3 is 1.50 bits per heavy atom. The van der Waals surface area contributed by atoms with Crippen LogP contribution in [0.1, 0.15) is 72.2 Å². The number of amides is 7. The quantitative estimate of drug-likeness (QED) is 0.0635. The number of carbonyl (C=O) groups is 6. The second-order valence-corrected chi connectivity index (χ2v) is 24.4. The molecule has 2 fully saturated rings. The largest absolute Gasteiger partial charge is 0.497 e. The first-order valence-electron chi connectivity index (χ1n) is 31.5. The second-order valence-electron chi connectivity index (χ2n) is 24.4. The van der Waals surface area contributed by atoms with Crippen molar-refractivity contribution in [3.05, 3.63) is 140 Å². The van der Waals surface area contributed by atoms with Gasteiger partial charge in [0.25, 0.3) is 0 Å². The molecule has 26 nitrogen and oxygen atoms in total. The maximum Gasteiger partial charge on any atom is 0.423 e. The Kier molecular flexibility index (Phi) is 25.2. The number of nitrogens with zero attached hydrogens (tertiary/aromatic N) is 12. The summed E-state index contributed by atoms with van der Waals surface area (Å²) in [6.45, 7) is 30.9. The number of ether oxygens (including phenoxy) is 6. The molecule has 0 atom stereocenters. The molecule has 7 amide bonds. The molecule has 0 bridgehead atoms. The first-order valence-corrected chi connectivity index (χ1v) is 31.5. The second kappa shape index (κ2) is 33.2. The van der Waals surface area contributed by atoms with Crippen molar-refractivity contribution in [2.75, 3.05) is 148 Å². The minimum Gasteiger partial charge on any atom is -0.497 e. The number of imide groups is 1. The number of likely N-dealkylation sites (N-methyl/N-ethyl adjacent to an activating group) is 3. The molecular formula is C70H90N14O12. The maximum absolute atomic E-state index is 14.3. The lowest BCUT2D eigenvalue weighted by molar-refractivity contribution is -0.117. The number of benzene rings is 4. The summed E-state index contributed by atoms with van der Waals surface area (Å²) in [4.78, 5) is 112. The molecule has 0 unspecified atom stereocenters. The van der Waals surface area contributed by atoms with E-state index < -0.39 is 35.3 Å². The molecule has 2 aliphatic heterocycles. The van der Waals surface area contributed by atoms with Crippen LogP contribution in [0.15, 0.2) is 123 Å². The fraction of sp³-hybridized carbons (Fsp3) is 0.400. The van der Waals surface area contributed by atoms with Crippen LogP contribution in [0, 0.1) is 0 Å². The SMILES string of the molecule is C=CC(=O)Nc1cc(N2CCN(CC)CC2)ccc1Cc1cc(N(C)C(=O)Cc2cc(OC)cc(OC)c2)ncn1.C=CC(=O)Nc1cc(N2CCN(CC)CC2)ccc1N(C(=O)OC(C)(C)C)c1cc(N(C)C(=O)N(C(=O)OC(C)(C)C)c2cc(OC)cc(OC)c2)ncn1. The molecule has 96 heavy (non-hydrogen) atoms. The first-order chi connectivity index (χ1) is 45.7. The van der Waals surface area contributed by atoms with E-state index in [1.165, 1.54) is 68.0 Å². The molecule has 2 aliphatic rings. The van der Waals surface area contributed by atoms with E-state index in [-0.39, 0.29) is 41.2 Å². The van der Waals surface area contributed by atoms with Gasteiger partial charge in [0.1, 0.15) is 64.3 Å².